The molecule has 2 aliphatic rings. The molecule has 1 unspecified atom stereocenters. The maximum Gasteiger partial charge on any atom is 0.337 e. The van der Waals surface area contributed by atoms with Gasteiger partial charge in [0.2, 0.25) is 0 Å². The van der Waals surface area contributed by atoms with Crippen LogP contribution in [-0.2, 0) is 11.2 Å². The summed E-state index contributed by atoms with van der Waals surface area (Å²) in [5, 5.41) is 10.7. The Bertz CT molecular complexity index is 1490. The number of benzene rings is 3. The fourth-order valence-electron chi connectivity index (χ4n) is 5.24. The first-order chi connectivity index (χ1) is 16.5. The van der Waals surface area contributed by atoms with E-state index >= 15 is 0 Å². The number of carbonyl (C=O) groups is 3. The lowest BCUT2D eigenvalue weighted by molar-refractivity contribution is -0.120. The van der Waals surface area contributed by atoms with Crippen LogP contribution in [0, 0.1) is 6.92 Å². The molecular weight excluding hydrogens is 430 g/mol. The van der Waals surface area contributed by atoms with Gasteiger partial charge in [0.15, 0.2) is 0 Å². The second-order valence-corrected chi connectivity index (χ2v) is 8.78. The highest BCUT2D eigenvalue weighted by molar-refractivity contribution is 6.23. The van der Waals surface area contributed by atoms with Crippen LogP contribution in [0.25, 0.3) is 10.9 Å². The summed E-state index contributed by atoms with van der Waals surface area (Å²) in [6.45, 7) is 2.00. The van der Waals surface area contributed by atoms with Gasteiger partial charge in [-0.25, -0.2) is 14.5 Å². The molecule has 2 N–H and O–H groups in total. The summed E-state index contributed by atoms with van der Waals surface area (Å²) in [6, 6.07) is 20.2. The smallest absolute Gasteiger partial charge is 0.337 e. The van der Waals surface area contributed by atoms with Gasteiger partial charge < -0.3 is 10.1 Å². The number of anilines is 1. The number of carboxylic acid groups (broad SMARTS) is 1. The molecule has 3 amide bonds. The van der Waals surface area contributed by atoms with Crippen LogP contribution in [0.15, 0.2) is 72.8 Å². The topological polar surface area (TPSA) is 93.7 Å². The largest absolute Gasteiger partial charge is 0.478 e. The molecule has 1 saturated heterocycles. The number of fused-ring (bicyclic) bond motifs is 4. The van der Waals surface area contributed by atoms with Gasteiger partial charge in [0.1, 0.15) is 12.1 Å². The van der Waals surface area contributed by atoms with E-state index in [0.29, 0.717) is 6.42 Å². The molecule has 0 saturated carbocycles. The fraction of sp³-hybridized carbons (Fsp3) is 0.148. The zero-order valence-corrected chi connectivity index (χ0v) is 18.4. The van der Waals surface area contributed by atoms with Crippen LogP contribution in [0.2, 0.25) is 0 Å². The van der Waals surface area contributed by atoms with Crippen molar-refractivity contribution in [3.8, 4) is 0 Å². The molecule has 0 radical (unpaired) electrons. The zero-order valence-electron chi connectivity index (χ0n) is 18.4. The van der Waals surface area contributed by atoms with Gasteiger partial charge in [-0.05, 0) is 36.2 Å². The number of rotatable bonds is 3. The van der Waals surface area contributed by atoms with Crippen LogP contribution in [0.5, 0.6) is 0 Å². The van der Waals surface area contributed by atoms with E-state index in [9.17, 15) is 19.5 Å². The van der Waals surface area contributed by atoms with Crippen LogP contribution in [0.3, 0.4) is 0 Å². The van der Waals surface area contributed by atoms with Crippen molar-refractivity contribution in [3.05, 3.63) is 101 Å². The van der Waals surface area contributed by atoms with Crippen LogP contribution < -0.4 is 4.90 Å². The van der Waals surface area contributed by atoms with E-state index in [2.05, 4.69) is 4.98 Å². The molecule has 4 aromatic rings. The van der Waals surface area contributed by atoms with Gasteiger partial charge in [-0.3, -0.25) is 9.69 Å². The van der Waals surface area contributed by atoms with Crippen LogP contribution >= 0.6 is 0 Å². The lowest BCUT2D eigenvalue weighted by Gasteiger charge is -2.36. The van der Waals surface area contributed by atoms with E-state index in [1.807, 2.05) is 55.5 Å². The SMILES string of the molecule is Cc1ccc(C2c3[nH]c4ccccc4c3C[C@@H]3C(=O)N(c4ccccc4C(=O)O)C(=O)N23)cc1. The van der Waals surface area contributed by atoms with Crippen molar-refractivity contribution < 1.29 is 19.5 Å². The van der Waals surface area contributed by atoms with Crippen molar-refractivity contribution in [3.63, 3.8) is 0 Å². The fourth-order valence-corrected chi connectivity index (χ4v) is 5.24. The summed E-state index contributed by atoms with van der Waals surface area (Å²) in [5.74, 6) is -1.60. The van der Waals surface area contributed by atoms with E-state index in [1.165, 1.54) is 12.1 Å². The summed E-state index contributed by atoms with van der Waals surface area (Å²) in [6.07, 6.45) is 0.359. The average molecular weight is 451 g/mol. The number of nitrogens with one attached hydrogen (secondary N) is 1. The number of nitrogens with zero attached hydrogens (tertiary/aromatic N) is 2. The summed E-state index contributed by atoms with van der Waals surface area (Å²) >= 11 is 0. The summed E-state index contributed by atoms with van der Waals surface area (Å²) < 4.78 is 0. The average Bonchev–Trinajstić information content (AvgIpc) is 3.33. The van der Waals surface area contributed by atoms with Gasteiger partial charge in [-0.1, -0.05) is 60.2 Å². The number of para-hydroxylation sites is 2. The summed E-state index contributed by atoms with van der Waals surface area (Å²) in [7, 11) is 0. The Kier molecular flexibility index (Phi) is 4.35. The molecule has 168 valence electrons. The van der Waals surface area contributed by atoms with E-state index in [-0.39, 0.29) is 11.3 Å². The number of carbonyl (C=O) groups excluding carboxylic acids is 2. The van der Waals surface area contributed by atoms with Gasteiger partial charge in [-0.15, -0.1) is 0 Å². The first-order valence-corrected chi connectivity index (χ1v) is 11.1. The molecule has 34 heavy (non-hydrogen) atoms. The number of aromatic carboxylic acids is 1. The predicted molar refractivity (Wildman–Crippen MR) is 127 cm³/mol. The van der Waals surface area contributed by atoms with Gasteiger partial charge in [0.25, 0.3) is 5.91 Å². The molecule has 0 bridgehead atoms. The van der Waals surface area contributed by atoms with E-state index < -0.39 is 30.0 Å². The van der Waals surface area contributed by atoms with Crippen LogP contribution in [0.4, 0.5) is 10.5 Å². The molecule has 2 aliphatic heterocycles. The molecular formula is C27H21N3O4. The maximum atomic E-state index is 13.8. The number of aromatic amines is 1. The normalized spacial score (nSPS) is 19.4. The number of aryl methyl sites for hydroxylation is 1. The Hall–Kier alpha value is -4.39. The van der Waals surface area contributed by atoms with E-state index in [1.54, 1.807) is 17.0 Å². The maximum absolute atomic E-state index is 13.8. The molecule has 3 aromatic carbocycles. The van der Waals surface area contributed by atoms with Gasteiger partial charge >= 0.3 is 12.0 Å². The highest BCUT2D eigenvalue weighted by Crippen LogP contribution is 2.45. The van der Waals surface area contributed by atoms with Crippen molar-refractivity contribution in [2.24, 2.45) is 0 Å². The van der Waals surface area contributed by atoms with Gasteiger partial charge in [-0.2, -0.15) is 0 Å². The minimum absolute atomic E-state index is 0.0834. The molecule has 7 nitrogen and oxygen atoms in total. The van der Waals surface area contributed by atoms with E-state index in [4.69, 9.17) is 0 Å². The molecule has 3 heterocycles. The number of hydrogen-bond donors (Lipinski definition) is 2. The summed E-state index contributed by atoms with van der Waals surface area (Å²) in [4.78, 5) is 45.5. The number of aromatic nitrogens is 1. The van der Waals surface area contributed by atoms with Crippen LogP contribution in [-0.4, -0.2) is 38.9 Å². The number of hydrogen-bond acceptors (Lipinski definition) is 3. The molecule has 6 rings (SSSR count). The Morgan fingerprint density at radius 2 is 1.68 bits per heavy atom. The number of urea groups is 1. The number of carboxylic acids is 1. The Morgan fingerprint density at radius 1 is 0.971 bits per heavy atom. The Balaban J connectivity index is 1.55. The highest BCUT2D eigenvalue weighted by atomic mass is 16.4. The second-order valence-electron chi connectivity index (χ2n) is 8.78. The molecule has 0 spiro atoms. The van der Waals surface area contributed by atoms with Gasteiger partial charge in [0, 0.05) is 23.0 Å². The standard InChI is InChI=1S/C27H21N3O4/c1-15-10-12-16(13-11-15)24-23-19(17-6-2-4-8-20(17)28-23)14-22-25(31)30(27(34)29(22)24)21-9-5-3-7-18(21)26(32)33/h2-13,22,24,28H,14H2,1H3,(H,32,33)/t22-,24?/m1/s1. The monoisotopic (exact) mass is 451 g/mol. The molecule has 7 heteroatoms. The third-order valence-electron chi connectivity index (χ3n) is 6.82. The third kappa shape index (κ3) is 2.80. The predicted octanol–water partition coefficient (Wildman–Crippen LogP) is 4.66. The van der Waals surface area contributed by atoms with E-state index in [0.717, 1.165) is 38.2 Å². The van der Waals surface area contributed by atoms with Gasteiger partial charge in [0.05, 0.1) is 11.3 Å². The number of H-pyrrole nitrogens is 1. The zero-order chi connectivity index (χ0) is 23.6. The highest BCUT2D eigenvalue weighted by Gasteiger charge is 2.53. The number of amides is 3. The minimum Gasteiger partial charge on any atom is -0.478 e. The van der Waals surface area contributed by atoms with Crippen LogP contribution in [0.1, 0.15) is 38.8 Å². The Morgan fingerprint density at radius 3 is 2.44 bits per heavy atom. The first-order valence-electron chi connectivity index (χ1n) is 11.1. The minimum atomic E-state index is -1.19. The molecule has 0 aliphatic carbocycles. The molecule has 2 atom stereocenters. The van der Waals surface area contributed by atoms with Crippen molar-refractivity contribution in [2.45, 2.75) is 25.4 Å². The molecule has 1 aromatic heterocycles. The van der Waals surface area contributed by atoms with Crippen molar-refractivity contribution >= 4 is 34.5 Å². The molecule has 1 fully saturated rings. The third-order valence-corrected chi connectivity index (χ3v) is 6.82. The van der Waals surface area contributed by atoms with Crippen molar-refractivity contribution in [2.75, 3.05) is 4.90 Å². The summed E-state index contributed by atoms with van der Waals surface area (Å²) in [5.41, 5.74) is 4.84. The second kappa shape index (κ2) is 7.31. The quantitative estimate of drug-likeness (QED) is 0.443. The van der Waals surface area contributed by atoms with Crippen molar-refractivity contribution in [1.82, 2.24) is 9.88 Å². The first kappa shape index (κ1) is 20.2. The number of imide groups is 1. The lowest BCUT2D eigenvalue weighted by atomic mass is 9.88. The lowest BCUT2D eigenvalue weighted by Crippen LogP contribution is -2.44. The van der Waals surface area contributed by atoms with Crippen molar-refractivity contribution in [1.29, 1.82) is 0 Å². The Labute approximate surface area is 195 Å².